The van der Waals surface area contributed by atoms with Crippen molar-refractivity contribution in [3.05, 3.63) is 65.2 Å². The lowest BCUT2D eigenvalue weighted by atomic mass is 10.1. The van der Waals surface area contributed by atoms with Crippen LogP contribution in [0, 0.1) is 6.92 Å². The van der Waals surface area contributed by atoms with Crippen molar-refractivity contribution in [3.63, 3.8) is 0 Å². The molecule has 3 heteroatoms. The van der Waals surface area contributed by atoms with Gasteiger partial charge in [-0.2, -0.15) is 10.2 Å². The number of phenols is 1. The summed E-state index contributed by atoms with van der Waals surface area (Å²) in [5, 5.41) is 17.4. The maximum Gasteiger partial charge on any atom is 0.124 e. The first-order chi connectivity index (χ1) is 8.77. The van der Waals surface area contributed by atoms with Crippen LogP contribution in [0.25, 0.3) is 0 Å². The molecule has 18 heavy (non-hydrogen) atoms. The van der Waals surface area contributed by atoms with Crippen LogP contribution in [0.4, 0.5) is 0 Å². The van der Waals surface area contributed by atoms with E-state index in [2.05, 4.69) is 10.2 Å². The van der Waals surface area contributed by atoms with Crippen molar-refractivity contribution in [2.24, 2.45) is 10.2 Å². The average molecular weight is 238 g/mol. The Balaban J connectivity index is 2.08. The molecule has 0 bridgehead atoms. The van der Waals surface area contributed by atoms with Crippen LogP contribution in [0.2, 0.25) is 0 Å². The van der Waals surface area contributed by atoms with Gasteiger partial charge in [0.15, 0.2) is 0 Å². The van der Waals surface area contributed by atoms with Gasteiger partial charge < -0.3 is 5.11 Å². The molecule has 0 radical (unpaired) electrons. The standard InChI is InChI=1S/C15H14N2O/c1-12-6-2-3-7-13(12)10-16-17-11-14-8-4-5-9-15(14)18/h2-11,18H,1H3/b16-10-,17-11+. The molecule has 1 N–H and O–H groups in total. The quantitative estimate of drug-likeness (QED) is 0.648. The van der Waals surface area contributed by atoms with Gasteiger partial charge in [0.1, 0.15) is 5.75 Å². The third kappa shape index (κ3) is 3.04. The fourth-order valence-corrected chi connectivity index (χ4v) is 1.52. The van der Waals surface area contributed by atoms with Gasteiger partial charge in [-0.1, -0.05) is 36.4 Å². The first-order valence-electron chi connectivity index (χ1n) is 5.67. The highest BCUT2D eigenvalue weighted by molar-refractivity contribution is 5.85. The van der Waals surface area contributed by atoms with E-state index in [-0.39, 0.29) is 5.75 Å². The Morgan fingerprint density at radius 2 is 1.39 bits per heavy atom. The molecule has 0 unspecified atom stereocenters. The van der Waals surface area contributed by atoms with Crippen LogP contribution >= 0.6 is 0 Å². The minimum absolute atomic E-state index is 0.201. The third-order valence-corrected chi connectivity index (χ3v) is 2.59. The van der Waals surface area contributed by atoms with Crippen molar-refractivity contribution >= 4 is 12.4 Å². The first kappa shape index (κ1) is 12.0. The Labute approximate surface area is 106 Å². The molecule has 0 saturated carbocycles. The number of aromatic hydroxyl groups is 1. The van der Waals surface area contributed by atoms with E-state index in [0.717, 1.165) is 11.1 Å². The van der Waals surface area contributed by atoms with E-state index >= 15 is 0 Å². The number of hydrogen-bond acceptors (Lipinski definition) is 3. The Kier molecular flexibility index (Phi) is 3.86. The van der Waals surface area contributed by atoms with Crippen molar-refractivity contribution in [2.75, 3.05) is 0 Å². The largest absolute Gasteiger partial charge is 0.507 e. The summed E-state index contributed by atoms with van der Waals surface area (Å²) in [4.78, 5) is 0. The smallest absolute Gasteiger partial charge is 0.124 e. The van der Waals surface area contributed by atoms with Crippen molar-refractivity contribution in [1.82, 2.24) is 0 Å². The van der Waals surface area contributed by atoms with Crippen LogP contribution < -0.4 is 0 Å². The van der Waals surface area contributed by atoms with Crippen LogP contribution in [0.15, 0.2) is 58.7 Å². The number of nitrogens with zero attached hydrogens (tertiary/aromatic N) is 2. The number of aryl methyl sites for hydroxylation is 1. The van der Waals surface area contributed by atoms with E-state index in [1.54, 1.807) is 24.4 Å². The lowest BCUT2D eigenvalue weighted by Crippen LogP contribution is -1.85. The van der Waals surface area contributed by atoms with E-state index < -0.39 is 0 Å². The van der Waals surface area contributed by atoms with Gasteiger partial charge in [0.05, 0.1) is 12.4 Å². The second-order valence-corrected chi connectivity index (χ2v) is 3.90. The number of para-hydroxylation sites is 1. The second-order valence-electron chi connectivity index (χ2n) is 3.90. The lowest BCUT2D eigenvalue weighted by molar-refractivity contribution is 0.474. The maximum absolute atomic E-state index is 9.53. The molecule has 0 fully saturated rings. The molecule has 0 aromatic heterocycles. The van der Waals surface area contributed by atoms with Gasteiger partial charge >= 0.3 is 0 Å². The van der Waals surface area contributed by atoms with Crippen LogP contribution in [0.3, 0.4) is 0 Å². The molecule has 0 spiro atoms. The van der Waals surface area contributed by atoms with E-state index in [1.807, 2.05) is 37.3 Å². The highest BCUT2D eigenvalue weighted by Gasteiger charge is 1.94. The van der Waals surface area contributed by atoms with Gasteiger partial charge in [0, 0.05) is 5.56 Å². The topological polar surface area (TPSA) is 45.0 Å². The van der Waals surface area contributed by atoms with E-state index in [0.29, 0.717) is 5.56 Å². The summed E-state index contributed by atoms with van der Waals surface area (Å²) in [5.74, 6) is 0.201. The predicted molar refractivity (Wildman–Crippen MR) is 74.5 cm³/mol. The fraction of sp³-hybridized carbons (Fsp3) is 0.0667. The normalized spacial score (nSPS) is 11.4. The Morgan fingerprint density at radius 3 is 2.06 bits per heavy atom. The predicted octanol–water partition coefficient (Wildman–Crippen LogP) is 3.15. The van der Waals surface area contributed by atoms with Crippen molar-refractivity contribution in [2.45, 2.75) is 6.92 Å². The first-order valence-corrected chi connectivity index (χ1v) is 5.67. The Bertz CT molecular complexity index is 535. The zero-order valence-electron chi connectivity index (χ0n) is 10.1. The van der Waals surface area contributed by atoms with Crippen LogP contribution in [-0.4, -0.2) is 17.5 Å². The molecule has 2 aromatic rings. The summed E-state index contributed by atoms with van der Waals surface area (Å²) in [6, 6.07) is 14.9. The van der Waals surface area contributed by atoms with Gasteiger partial charge in [-0.3, -0.25) is 0 Å². The van der Waals surface area contributed by atoms with Gasteiger partial charge in [-0.25, -0.2) is 0 Å². The maximum atomic E-state index is 9.53. The summed E-state index contributed by atoms with van der Waals surface area (Å²) in [6.45, 7) is 2.02. The summed E-state index contributed by atoms with van der Waals surface area (Å²) < 4.78 is 0. The van der Waals surface area contributed by atoms with Crippen molar-refractivity contribution < 1.29 is 5.11 Å². The molecule has 0 aliphatic rings. The average Bonchev–Trinajstić information content (AvgIpc) is 2.38. The molecule has 0 amide bonds. The van der Waals surface area contributed by atoms with E-state index in [9.17, 15) is 5.11 Å². The molecular weight excluding hydrogens is 224 g/mol. The van der Waals surface area contributed by atoms with Gasteiger partial charge in [-0.05, 0) is 30.2 Å². The summed E-state index contributed by atoms with van der Waals surface area (Å²) in [6.07, 6.45) is 3.23. The highest BCUT2D eigenvalue weighted by atomic mass is 16.3. The van der Waals surface area contributed by atoms with Crippen molar-refractivity contribution in [1.29, 1.82) is 0 Å². The molecule has 0 aliphatic heterocycles. The minimum Gasteiger partial charge on any atom is -0.507 e. The zero-order chi connectivity index (χ0) is 12.8. The fourth-order valence-electron chi connectivity index (χ4n) is 1.52. The number of hydrogen-bond donors (Lipinski definition) is 1. The van der Waals surface area contributed by atoms with E-state index in [1.165, 1.54) is 6.21 Å². The van der Waals surface area contributed by atoms with E-state index in [4.69, 9.17) is 0 Å². The van der Waals surface area contributed by atoms with Gasteiger partial charge in [-0.15, -0.1) is 0 Å². The van der Waals surface area contributed by atoms with Crippen LogP contribution in [-0.2, 0) is 0 Å². The minimum atomic E-state index is 0.201. The molecule has 3 nitrogen and oxygen atoms in total. The Hall–Kier alpha value is -2.42. The molecule has 90 valence electrons. The second kappa shape index (κ2) is 5.77. The van der Waals surface area contributed by atoms with Gasteiger partial charge in [0.2, 0.25) is 0 Å². The monoisotopic (exact) mass is 238 g/mol. The van der Waals surface area contributed by atoms with Gasteiger partial charge in [0.25, 0.3) is 0 Å². The number of rotatable bonds is 3. The number of phenolic OH excluding ortho intramolecular Hbond substituents is 1. The molecular formula is C15H14N2O. The zero-order valence-corrected chi connectivity index (χ0v) is 10.1. The lowest BCUT2D eigenvalue weighted by Gasteiger charge is -1.96. The molecule has 0 atom stereocenters. The Morgan fingerprint density at radius 1 is 0.833 bits per heavy atom. The summed E-state index contributed by atoms with van der Waals surface area (Å²) >= 11 is 0. The molecule has 2 aromatic carbocycles. The molecule has 0 heterocycles. The molecule has 0 aliphatic carbocycles. The summed E-state index contributed by atoms with van der Waals surface area (Å²) in [7, 11) is 0. The summed E-state index contributed by atoms with van der Waals surface area (Å²) in [5.41, 5.74) is 2.84. The van der Waals surface area contributed by atoms with Crippen molar-refractivity contribution in [3.8, 4) is 5.75 Å². The molecule has 0 saturated heterocycles. The number of benzene rings is 2. The molecule has 2 rings (SSSR count). The highest BCUT2D eigenvalue weighted by Crippen LogP contribution is 2.12. The van der Waals surface area contributed by atoms with Crippen LogP contribution in [0.1, 0.15) is 16.7 Å². The third-order valence-electron chi connectivity index (χ3n) is 2.59. The van der Waals surface area contributed by atoms with Crippen LogP contribution in [0.5, 0.6) is 5.75 Å². The SMILES string of the molecule is Cc1ccccc1/C=N\N=C\c1ccccc1O.